The van der Waals surface area contributed by atoms with Crippen molar-refractivity contribution in [2.75, 3.05) is 26.3 Å². The zero-order valence-electron chi connectivity index (χ0n) is 9.68. The Morgan fingerprint density at radius 2 is 2.29 bits per heavy atom. The Kier molecular flexibility index (Phi) is 3.51. The molecule has 1 atom stereocenters. The van der Waals surface area contributed by atoms with E-state index < -0.39 is 17.7 Å². The molecule has 17 heavy (non-hydrogen) atoms. The van der Waals surface area contributed by atoms with E-state index in [2.05, 4.69) is 0 Å². The van der Waals surface area contributed by atoms with Crippen LogP contribution >= 0.6 is 0 Å². The molecular formula is C11H17NO5. The van der Waals surface area contributed by atoms with Gasteiger partial charge in [-0.3, -0.25) is 4.79 Å². The van der Waals surface area contributed by atoms with E-state index in [1.807, 2.05) is 0 Å². The predicted octanol–water partition coefficient (Wildman–Crippen LogP) is 0.853. The quantitative estimate of drug-likeness (QED) is 0.795. The minimum atomic E-state index is -0.904. The van der Waals surface area contributed by atoms with Gasteiger partial charge in [0.05, 0.1) is 13.0 Å². The van der Waals surface area contributed by atoms with Crippen LogP contribution in [-0.2, 0) is 14.3 Å². The van der Waals surface area contributed by atoms with Gasteiger partial charge in [0, 0.05) is 26.1 Å². The molecule has 0 aromatic heterocycles. The first-order valence-electron chi connectivity index (χ1n) is 5.89. The molecule has 2 fully saturated rings. The number of carboxylic acid groups (broad SMARTS) is 1. The highest BCUT2D eigenvalue weighted by Crippen LogP contribution is 2.31. The lowest BCUT2D eigenvalue weighted by Crippen LogP contribution is -2.53. The van der Waals surface area contributed by atoms with Crippen LogP contribution < -0.4 is 0 Å². The Balaban J connectivity index is 1.88. The Morgan fingerprint density at radius 1 is 1.47 bits per heavy atom. The molecule has 0 aliphatic carbocycles. The van der Waals surface area contributed by atoms with Crippen LogP contribution in [0.4, 0.5) is 4.79 Å². The molecule has 1 unspecified atom stereocenters. The maximum Gasteiger partial charge on any atom is 0.410 e. The highest BCUT2D eigenvalue weighted by Gasteiger charge is 2.42. The molecule has 2 saturated heterocycles. The number of carboxylic acids is 1. The predicted molar refractivity (Wildman–Crippen MR) is 57.7 cm³/mol. The third-order valence-electron chi connectivity index (χ3n) is 3.28. The van der Waals surface area contributed by atoms with E-state index in [4.69, 9.17) is 14.6 Å². The summed E-state index contributed by atoms with van der Waals surface area (Å²) in [6.45, 7) is 1.95. The summed E-state index contributed by atoms with van der Waals surface area (Å²) in [5.74, 6) is -0.904. The molecule has 2 aliphatic heterocycles. The van der Waals surface area contributed by atoms with E-state index in [-0.39, 0.29) is 13.0 Å². The number of carbonyl (C=O) groups excluding carboxylic acids is 1. The van der Waals surface area contributed by atoms with Gasteiger partial charge in [-0.2, -0.15) is 0 Å². The van der Waals surface area contributed by atoms with E-state index in [1.54, 1.807) is 0 Å². The molecule has 0 aromatic rings. The van der Waals surface area contributed by atoms with Crippen molar-refractivity contribution in [2.24, 2.45) is 0 Å². The van der Waals surface area contributed by atoms with Crippen molar-refractivity contribution in [3.63, 3.8) is 0 Å². The standard InChI is InChI=1S/C11H17NO5/c13-9(14)2-5-12-6-4-11(17-10(12)15)3-1-7-16-8-11/h1-8H2,(H,13,14). The number of hydrogen-bond acceptors (Lipinski definition) is 4. The molecule has 1 spiro atoms. The Hall–Kier alpha value is -1.30. The first-order chi connectivity index (χ1) is 8.11. The molecule has 6 heteroatoms. The van der Waals surface area contributed by atoms with Gasteiger partial charge in [0.1, 0.15) is 5.60 Å². The number of carbonyl (C=O) groups is 2. The molecule has 6 nitrogen and oxygen atoms in total. The second-order valence-corrected chi connectivity index (χ2v) is 4.59. The van der Waals surface area contributed by atoms with Crippen molar-refractivity contribution >= 4 is 12.1 Å². The first kappa shape index (κ1) is 12.2. The minimum Gasteiger partial charge on any atom is -0.481 e. The summed E-state index contributed by atoms with van der Waals surface area (Å²) in [6.07, 6.45) is 2.01. The van der Waals surface area contributed by atoms with Gasteiger partial charge in [0.25, 0.3) is 0 Å². The number of aliphatic carboxylic acids is 1. The summed E-state index contributed by atoms with van der Waals surface area (Å²) in [5.41, 5.74) is -0.463. The maximum atomic E-state index is 11.7. The third-order valence-corrected chi connectivity index (χ3v) is 3.28. The van der Waals surface area contributed by atoms with Gasteiger partial charge in [0.2, 0.25) is 0 Å². The molecule has 2 aliphatic rings. The molecular weight excluding hydrogens is 226 g/mol. The van der Waals surface area contributed by atoms with E-state index >= 15 is 0 Å². The summed E-state index contributed by atoms with van der Waals surface area (Å²) in [6, 6.07) is 0. The molecule has 0 bridgehead atoms. The summed E-state index contributed by atoms with van der Waals surface area (Å²) in [7, 11) is 0. The fourth-order valence-corrected chi connectivity index (χ4v) is 2.27. The van der Waals surface area contributed by atoms with E-state index in [0.29, 0.717) is 13.2 Å². The lowest BCUT2D eigenvalue weighted by atomic mass is 9.91. The lowest BCUT2D eigenvalue weighted by molar-refractivity contribution is -0.138. The molecule has 0 aromatic carbocycles. The van der Waals surface area contributed by atoms with E-state index in [1.165, 1.54) is 4.90 Å². The lowest BCUT2D eigenvalue weighted by Gasteiger charge is -2.42. The average Bonchev–Trinajstić information content (AvgIpc) is 2.29. The van der Waals surface area contributed by atoms with Gasteiger partial charge in [-0.05, 0) is 12.8 Å². The van der Waals surface area contributed by atoms with Gasteiger partial charge < -0.3 is 19.5 Å². The smallest absolute Gasteiger partial charge is 0.410 e. The Bertz CT molecular complexity index is 311. The van der Waals surface area contributed by atoms with Crippen molar-refractivity contribution in [3.05, 3.63) is 0 Å². The molecule has 0 radical (unpaired) electrons. The average molecular weight is 243 g/mol. The van der Waals surface area contributed by atoms with Crippen LogP contribution in [0.3, 0.4) is 0 Å². The highest BCUT2D eigenvalue weighted by atomic mass is 16.6. The Morgan fingerprint density at radius 3 is 2.88 bits per heavy atom. The number of nitrogens with zero attached hydrogens (tertiary/aromatic N) is 1. The van der Waals surface area contributed by atoms with Gasteiger partial charge >= 0.3 is 12.1 Å². The number of amides is 1. The van der Waals surface area contributed by atoms with Crippen LogP contribution in [0.1, 0.15) is 25.7 Å². The van der Waals surface area contributed by atoms with Crippen LogP contribution in [-0.4, -0.2) is 54.0 Å². The molecule has 96 valence electrons. The second-order valence-electron chi connectivity index (χ2n) is 4.59. The van der Waals surface area contributed by atoms with Crippen molar-refractivity contribution < 1.29 is 24.2 Å². The van der Waals surface area contributed by atoms with Crippen molar-refractivity contribution in [1.82, 2.24) is 4.90 Å². The largest absolute Gasteiger partial charge is 0.481 e. The van der Waals surface area contributed by atoms with Gasteiger partial charge in [-0.1, -0.05) is 0 Å². The van der Waals surface area contributed by atoms with E-state index in [9.17, 15) is 9.59 Å². The molecule has 2 heterocycles. The van der Waals surface area contributed by atoms with Crippen LogP contribution in [0.2, 0.25) is 0 Å². The number of hydrogen-bond donors (Lipinski definition) is 1. The van der Waals surface area contributed by atoms with Gasteiger partial charge in [-0.25, -0.2) is 4.79 Å². The number of ether oxygens (including phenoxy) is 2. The summed E-state index contributed by atoms with van der Waals surface area (Å²) >= 11 is 0. The normalized spacial score (nSPS) is 29.2. The number of rotatable bonds is 3. The maximum absolute atomic E-state index is 11.7. The van der Waals surface area contributed by atoms with Gasteiger partial charge in [-0.15, -0.1) is 0 Å². The topological polar surface area (TPSA) is 76.1 Å². The summed E-state index contributed by atoms with van der Waals surface area (Å²) < 4.78 is 10.8. The zero-order valence-corrected chi connectivity index (χ0v) is 9.68. The Labute approximate surface area is 99.5 Å². The SMILES string of the molecule is O=C(O)CCN1CCC2(CCCOC2)OC1=O. The molecule has 2 rings (SSSR count). The van der Waals surface area contributed by atoms with Crippen molar-refractivity contribution in [2.45, 2.75) is 31.3 Å². The fourth-order valence-electron chi connectivity index (χ4n) is 2.27. The third kappa shape index (κ3) is 2.88. The van der Waals surface area contributed by atoms with Crippen LogP contribution in [0.5, 0.6) is 0 Å². The van der Waals surface area contributed by atoms with Crippen LogP contribution in [0.15, 0.2) is 0 Å². The van der Waals surface area contributed by atoms with Crippen LogP contribution in [0.25, 0.3) is 0 Å². The second kappa shape index (κ2) is 4.91. The molecule has 0 saturated carbocycles. The summed E-state index contributed by atoms with van der Waals surface area (Å²) in [4.78, 5) is 23.6. The molecule has 1 amide bonds. The van der Waals surface area contributed by atoms with Gasteiger partial charge in [0.15, 0.2) is 0 Å². The minimum absolute atomic E-state index is 0.0431. The van der Waals surface area contributed by atoms with Crippen molar-refractivity contribution in [1.29, 1.82) is 0 Å². The monoisotopic (exact) mass is 243 g/mol. The highest BCUT2D eigenvalue weighted by molar-refractivity contribution is 5.71. The van der Waals surface area contributed by atoms with E-state index in [0.717, 1.165) is 25.9 Å². The fraction of sp³-hybridized carbons (Fsp3) is 0.818. The zero-order chi connectivity index (χ0) is 12.3. The van der Waals surface area contributed by atoms with Crippen LogP contribution in [0, 0.1) is 0 Å². The molecule has 1 N–H and O–H groups in total. The first-order valence-corrected chi connectivity index (χ1v) is 5.89. The summed E-state index contributed by atoms with van der Waals surface area (Å²) in [5, 5.41) is 8.57. The van der Waals surface area contributed by atoms with Crippen molar-refractivity contribution in [3.8, 4) is 0 Å².